The van der Waals surface area contributed by atoms with E-state index >= 15 is 0 Å². The summed E-state index contributed by atoms with van der Waals surface area (Å²) in [5, 5.41) is 0. The van der Waals surface area contributed by atoms with Gasteiger partial charge in [-0.15, -0.1) is 0 Å². The molecule has 0 aromatic rings. The highest BCUT2D eigenvalue weighted by Crippen LogP contribution is 2.32. The van der Waals surface area contributed by atoms with E-state index in [0.29, 0.717) is 11.7 Å². The summed E-state index contributed by atoms with van der Waals surface area (Å²) in [6.45, 7) is 3.04. The van der Waals surface area contributed by atoms with E-state index in [1.807, 2.05) is 0 Å². The molecule has 1 aliphatic carbocycles. The number of hydrogen-bond acceptors (Lipinski definition) is 2. The van der Waals surface area contributed by atoms with Crippen molar-refractivity contribution < 1.29 is 4.79 Å². The zero-order valence-corrected chi connectivity index (χ0v) is 11.4. The molecule has 2 nitrogen and oxygen atoms in total. The zero-order chi connectivity index (χ0) is 12.5. The molecule has 0 aliphatic heterocycles. The van der Waals surface area contributed by atoms with E-state index in [0.717, 1.165) is 44.6 Å². The van der Waals surface area contributed by atoms with Crippen molar-refractivity contribution in [3.05, 3.63) is 0 Å². The minimum Gasteiger partial charge on any atom is -0.330 e. The molecular weight excluding hydrogens is 210 g/mol. The Kier molecular flexibility index (Phi) is 7.50. The number of nitrogens with two attached hydrogens (primary N) is 1. The van der Waals surface area contributed by atoms with Gasteiger partial charge < -0.3 is 5.73 Å². The number of carbonyl (C=O) groups excluding carboxylic acids is 1. The third kappa shape index (κ3) is 5.67. The van der Waals surface area contributed by atoms with E-state index < -0.39 is 0 Å². The van der Waals surface area contributed by atoms with Crippen LogP contribution in [0.4, 0.5) is 0 Å². The van der Waals surface area contributed by atoms with Crippen LogP contribution in [0, 0.1) is 11.8 Å². The number of ketones is 1. The smallest absolute Gasteiger partial charge is 0.135 e. The molecule has 1 aliphatic rings. The molecule has 0 radical (unpaired) electrons. The molecule has 1 fully saturated rings. The standard InChI is InChI=1S/C15H29NO/c1-2-13-8-7-9-14(12-13)15(17)10-5-3-4-6-11-16/h13-14H,2-12,16H2,1H3. The first-order valence-corrected chi connectivity index (χ1v) is 7.50. The van der Waals surface area contributed by atoms with Crippen molar-refractivity contribution in [2.24, 2.45) is 17.6 Å². The van der Waals surface area contributed by atoms with Crippen molar-refractivity contribution in [2.75, 3.05) is 6.54 Å². The van der Waals surface area contributed by atoms with E-state index in [-0.39, 0.29) is 0 Å². The first kappa shape index (κ1) is 14.7. The maximum absolute atomic E-state index is 12.1. The van der Waals surface area contributed by atoms with Crippen molar-refractivity contribution in [3.8, 4) is 0 Å². The van der Waals surface area contributed by atoms with E-state index in [9.17, 15) is 4.79 Å². The molecule has 100 valence electrons. The van der Waals surface area contributed by atoms with E-state index in [2.05, 4.69) is 6.92 Å². The van der Waals surface area contributed by atoms with E-state index in [1.54, 1.807) is 0 Å². The molecule has 0 aromatic heterocycles. The van der Waals surface area contributed by atoms with E-state index in [1.165, 1.54) is 32.1 Å². The van der Waals surface area contributed by atoms with Gasteiger partial charge in [-0.25, -0.2) is 0 Å². The van der Waals surface area contributed by atoms with Crippen LogP contribution in [0.2, 0.25) is 0 Å². The average molecular weight is 239 g/mol. The van der Waals surface area contributed by atoms with Gasteiger partial charge in [0.1, 0.15) is 5.78 Å². The fourth-order valence-electron chi connectivity index (χ4n) is 2.96. The van der Waals surface area contributed by atoms with Crippen LogP contribution in [0.25, 0.3) is 0 Å². The molecule has 1 saturated carbocycles. The molecule has 0 aromatic carbocycles. The minimum absolute atomic E-state index is 0.392. The lowest BCUT2D eigenvalue weighted by atomic mass is 9.77. The summed E-state index contributed by atoms with van der Waals surface area (Å²) in [5.74, 6) is 1.74. The van der Waals surface area contributed by atoms with Crippen LogP contribution < -0.4 is 5.73 Å². The van der Waals surface area contributed by atoms with Gasteiger partial charge in [0.2, 0.25) is 0 Å². The first-order chi connectivity index (χ1) is 8.27. The Morgan fingerprint density at radius 1 is 1.18 bits per heavy atom. The second-order valence-electron chi connectivity index (χ2n) is 5.56. The SMILES string of the molecule is CCC1CCCC(C(=O)CCCCCCN)C1. The van der Waals surface area contributed by atoms with Crippen molar-refractivity contribution in [1.82, 2.24) is 0 Å². The third-order valence-corrected chi connectivity index (χ3v) is 4.19. The lowest BCUT2D eigenvalue weighted by Crippen LogP contribution is -2.22. The molecule has 0 amide bonds. The summed E-state index contributed by atoms with van der Waals surface area (Å²) in [6.07, 6.45) is 11.5. The third-order valence-electron chi connectivity index (χ3n) is 4.19. The maximum Gasteiger partial charge on any atom is 0.135 e. The summed E-state index contributed by atoms with van der Waals surface area (Å²) in [7, 11) is 0. The van der Waals surface area contributed by atoms with Crippen molar-refractivity contribution in [1.29, 1.82) is 0 Å². The van der Waals surface area contributed by atoms with Crippen LogP contribution in [0.3, 0.4) is 0 Å². The van der Waals surface area contributed by atoms with Crippen molar-refractivity contribution in [3.63, 3.8) is 0 Å². The molecule has 2 unspecified atom stereocenters. The Bertz CT molecular complexity index is 215. The maximum atomic E-state index is 12.1. The fourth-order valence-corrected chi connectivity index (χ4v) is 2.96. The molecule has 2 N–H and O–H groups in total. The second-order valence-corrected chi connectivity index (χ2v) is 5.56. The molecule has 0 saturated heterocycles. The molecule has 17 heavy (non-hydrogen) atoms. The number of hydrogen-bond donors (Lipinski definition) is 1. The Hall–Kier alpha value is -0.370. The Labute approximate surface area is 106 Å². The Morgan fingerprint density at radius 2 is 1.94 bits per heavy atom. The summed E-state index contributed by atoms with van der Waals surface area (Å²) in [5.41, 5.74) is 5.45. The molecule has 2 heteroatoms. The normalized spacial score (nSPS) is 24.8. The topological polar surface area (TPSA) is 43.1 Å². The van der Waals surface area contributed by atoms with Gasteiger partial charge in [-0.05, 0) is 38.1 Å². The predicted octanol–water partition coefficient (Wildman–Crippen LogP) is 3.68. The summed E-state index contributed by atoms with van der Waals surface area (Å²) in [6, 6.07) is 0. The van der Waals surface area contributed by atoms with Gasteiger partial charge in [0.05, 0.1) is 0 Å². The van der Waals surface area contributed by atoms with Crippen LogP contribution in [-0.4, -0.2) is 12.3 Å². The van der Waals surface area contributed by atoms with Crippen LogP contribution in [0.15, 0.2) is 0 Å². The molecule has 0 spiro atoms. The Morgan fingerprint density at radius 3 is 2.65 bits per heavy atom. The fraction of sp³-hybridized carbons (Fsp3) is 0.933. The quantitative estimate of drug-likeness (QED) is 0.657. The lowest BCUT2D eigenvalue weighted by molar-refractivity contribution is -0.124. The predicted molar refractivity (Wildman–Crippen MR) is 72.9 cm³/mol. The second kappa shape index (κ2) is 8.68. The van der Waals surface area contributed by atoms with Crippen LogP contribution in [-0.2, 0) is 4.79 Å². The van der Waals surface area contributed by atoms with Gasteiger partial charge in [-0.3, -0.25) is 4.79 Å². The van der Waals surface area contributed by atoms with Crippen LogP contribution in [0.5, 0.6) is 0 Å². The van der Waals surface area contributed by atoms with Gasteiger partial charge >= 0.3 is 0 Å². The number of Topliss-reactive ketones (excluding diaryl/α,β-unsaturated/α-hetero) is 1. The molecule has 0 heterocycles. The molecule has 0 bridgehead atoms. The van der Waals surface area contributed by atoms with Gasteiger partial charge in [-0.2, -0.15) is 0 Å². The van der Waals surface area contributed by atoms with Crippen LogP contribution in [0.1, 0.15) is 71.1 Å². The number of rotatable bonds is 8. The average Bonchev–Trinajstić information content (AvgIpc) is 2.38. The van der Waals surface area contributed by atoms with Crippen molar-refractivity contribution >= 4 is 5.78 Å². The summed E-state index contributed by atoms with van der Waals surface area (Å²) in [4.78, 5) is 12.1. The largest absolute Gasteiger partial charge is 0.330 e. The monoisotopic (exact) mass is 239 g/mol. The number of carbonyl (C=O) groups is 1. The van der Waals surface area contributed by atoms with Crippen molar-refractivity contribution in [2.45, 2.75) is 71.1 Å². The minimum atomic E-state index is 0.392. The molecular formula is C15H29NO. The molecule has 2 atom stereocenters. The zero-order valence-electron chi connectivity index (χ0n) is 11.4. The van der Waals surface area contributed by atoms with Crippen LogP contribution >= 0.6 is 0 Å². The van der Waals surface area contributed by atoms with Gasteiger partial charge in [0.25, 0.3) is 0 Å². The lowest BCUT2D eigenvalue weighted by Gasteiger charge is -2.27. The van der Waals surface area contributed by atoms with Gasteiger partial charge in [0.15, 0.2) is 0 Å². The highest BCUT2D eigenvalue weighted by molar-refractivity contribution is 5.81. The number of unbranched alkanes of at least 4 members (excludes halogenated alkanes) is 3. The van der Waals surface area contributed by atoms with Gasteiger partial charge in [0, 0.05) is 12.3 Å². The first-order valence-electron chi connectivity index (χ1n) is 7.50. The summed E-state index contributed by atoms with van der Waals surface area (Å²) < 4.78 is 0. The molecule has 1 rings (SSSR count). The highest BCUT2D eigenvalue weighted by atomic mass is 16.1. The van der Waals surface area contributed by atoms with E-state index in [4.69, 9.17) is 5.73 Å². The van der Waals surface area contributed by atoms with Gasteiger partial charge in [-0.1, -0.05) is 39.0 Å². The summed E-state index contributed by atoms with van der Waals surface area (Å²) >= 11 is 0. The Balaban J connectivity index is 2.14. The highest BCUT2D eigenvalue weighted by Gasteiger charge is 2.25.